The number of unbranched alkanes of at least 4 members (excludes halogenated alkanes) is 1. The van der Waals surface area contributed by atoms with Crippen molar-refractivity contribution in [2.75, 3.05) is 39.8 Å². The SMILES string of the molecule is O=C(CCCCOC1CCOCC1)NCOc1ccc2c(c1)OCCO2. The van der Waals surface area contributed by atoms with E-state index in [-0.39, 0.29) is 12.6 Å². The Kier molecular flexibility index (Phi) is 7.39. The number of nitrogens with one attached hydrogen (secondary N) is 1. The fraction of sp³-hybridized carbons (Fsp3) is 0.632. The van der Waals surface area contributed by atoms with Crippen LogP contribution in [0.4, 0.5) is 0 Å². The van der Waals surface area contributed by atoms with E-state index in [1.807, 2.05) is 6.07 Å². The lowest BCUT2D eigenvalue weighted by Gasteiger charge is -2.22. The minimum absolute atomic E-state index is 0.0198. The number of rotatable bonds is 9. The van der Waals surface area contributed by atoms with E-state index in [0.717, 1.165) is 44.6 Å². The van der Waals surface area contributed by atoms with Crippen molar-refractivity contribution < 1.29 is 28.5 Å². The van der Waals surface area contributed by atoms with Crippen LogP contribution in [0.15, 0.2) is 18.2 Å². The second-order valence-corrected chi connectivity index (χ2v) is 6.33. The largest absolute Gasteiger partial charge is 0.486 e. The normalized spacial score (nSPS) is 16.9. The molecule has 1 amide bonds. The molecule has 2 aliphatic rings. The van der Waals surface area contributed by atoms with Crippen LogP contribution in [0.2, 0.25) is 0 Å². The zero-order chi connectivity index (χ0) is 18.0. The summed E-state index contributed by atoms with van der Waals surface area (Å²) in [5, 5.41) is 2.76. The summed E-state index contributed by atoms with van der Waals surface area (Å²) < 4.78 is 27.6. The molecule has 1 aromatic rings. The molecule has 3 rings (SSSR count). The summed E-state index contributed by atoms with van der Waals surface area (Å²) in [5.74, 6) is 2.01. The third-order valence-corrected chi connectivity index (χ3v) is 4.34. The van der Waals surface area contributed by atoms with Gasteiger partial charge in [-0.3, -0.25) is 4.79 Å². The third-order valence-electron chi connectivity index (χ3n) is 4.34. The lowest BCUT2D eigenvalue weighted by atomic mass is 10.1. The number of amides is 1. The highest BCUT2D eigenvalue weighted by atomic mass is 16.6. The molecule has 0 saturated carbocycles. The standard InChI is InChI=1S/C19H27NO6/c21-19(3-1-2-8-23-15-6-9-22-10-7-15)20-14-26-16-4-5-17-18(13-16)25-12-11-24-17/h4-5,13,15H,1-3,6-12,14H2,(H,20,21). The minimum atomic E-state index is -0.0198. The van der Waals surface area contributed by atoms with Crippen LogP contribution in [-0.4, -0.2) is 51.8 Å². The van der Waals surface area contributed by atoms with Gasteiger partial charge in [0, 0.05) is 32.3 Å². The van der Waals surface area contributed by atoms with Gasteiger partial charge in [0.05, 0.1) is 6.10 Å². The van der Waals surface area contributed by atoms with E-state index in [9.17, 15) is 4.79 Å². The van der Waals surface area contributed by atoms with E-state index in [4.69, 9.17) is 23.7 Å². The maximum absolute atomic E-state index is 11.8. The molecular formula is C19H27NO6. The molecule has 1 fully saturated rings. The molecule has 0 radical (unpaired) electrons. The van der Waals surface area contributed by atoms with Crippen LogP contribution in [0.25, 0.3) is 0 Å². The molecule has 7 heteroatoms. The molecule has 0 aromatic heterocycles. The van der Waals surface area contributed by atoms with E-state index in [0.29, 0.717) is 43.8 Å². The fourth-order valence-electron chi connectivity index (χ4n) is 2.88. The van der Waals surface area contributed by atoms with Crippen molar-refractivity contribution in [2.24, 2.45) is 0 Å². The van der Waals surface area contributed by atoms with Crippen molar-refractivity contribution >= 4 is 5.91 Å². The number of carbonyl (C=O) groups is 1. The maximum atomic E-state index is 11.8. The first-order valence-corrected chi connectivity index (χ1v) is 9.30. The molecule has 0 unspecified atom stereocenters. The molecule has 0 aliphatic carbocycles. The zero-order valence-corrected chi connectivity index (χ0v) is 15.0. The molecule has 7 nitrogen and oxygen atoms in total. The topological polar surface area (TPSA) is 75.3 Å². The molecule has 0 atom stereocenters. The summed E-state index contributed by atoms with van der Waals surface area (Å²) in [7, 11) is 0. The van der Waals surface area contributed by atoms with Gasteiger partial charge in [-0.15, -0.1) is 0 Å². The predicted octanol–water partition coefficient (Wildman–Crippen LogP) is 2.28. The zero-order valence-electron chi connectivity index (χ0n) is 15.0. The Labute approximate surface area is 153 Å². The van der Waals surface area contributed by atoms with Crippen LogP contribution >= 0.6 is 0 Å². The van der Waals surface area contributed by atoms with Gasteiger partial charge in [0.1, 0.15) is 19.0 Å². The lowest BCUT2D eigenvalue weighted by Crippen LogP contribution is -2.27. The molecule has 0 spiro atoms. The van der Waals surface area contributed by atoms with Crippen molar-refractivity contribution in [3.05, 3.63) is 18.2 Å². The summed E-state index contributed by atoms with van der Waals surface area (Å²) >= 11 is 0. The van der Waals surface area contributed by atoms with Crippen LogP contribution in [0, 0.1) is 0 Å². The number of fused-ring (bicyclic) bond motifs is 1. The highest BCUT2D eigenvalue weighted by molar-refractivity contribution is 5.75. The van der Waals surface area contributed by atoms with Gasteiger partial charge >= 0.3 is 0 Å². The van der Waals surface area contributed by atoms with Crippen molar-refractivity contribution in [2.45, 2.75) is 38.2 Å². The minimum Gasteiger partial charge on any atom is -0.486 e. The number of hydrogen-bond acceptors (Lipinski definition) is 6. The molecule has 0 bridgehead atoms. The van der Waals surface area contributed by atoms with E-state index in [1.54, 1.807) is 12.1 Å². The first-order chi connectivity index (χ1) is 12.8. The third kappa shape index (κ3) is 6.07. The van der Waals surface area contributed by atoms with Crippen LogP contribution in [-0.2, 0) is 14.3 Å². The highest BCUT2D eigenvalue weighted by Gasteiger charge is 2.14. The van der Waals surface area contributed by atoms with Crippen LogP contribution in [0.1, 0.15) is 32.1 Å². The van der Waals surface area contributed by atoms with Gasteiger partial charge < -0.3 is 29.0 Å². The molecular weight excluding hydrogens is 338 g/mol. The van der Waals surface area contributed by atoms with Crippen molar-refractivity contribution in [1.29, 1.82) is 0 Å². The van der Waals surface area contributed by atoms with Crippen LogP contribution in [0.3, 0.4) is 0 Å². The van der Waals surface area contributed by atoms with E-state index in [2.05, 4.69) is 5.32 Å². The molecule has 2 aliphatic heterocycles. The quantitative estimate of drug-likeness (QED) is 0.534. The monoisotopic (exact) mass is 365 g/mol. The number of hydrogen-bond donors (Lipinski definition) is 1. The predicted molar refractivity (Wildman–Crippen MR) is 94.7 cm³/mol. The van der Waals surface area contributed by atoms with Crippen molar-refractivity contribution in [3.8, 4) is 17.2 Å². The molecule has 144 valence electrons. The number of ether oxygens (including phenoxy) is 5. The molecule has 26 heavy (non-hydrogen) atoms. The van der Waals surface area contributed by atoms with Crippen molar-refractivity contribution in [1.82, 2.24) is 5.32 Å². The number of benzene rings is 1. The molecule has 1 aromatic carbocycles. The second kappa shape index (κ2) is 10.2. The van der Waals surface area contributed by atoms with Gasteiger partial charge in [0.2, 0.25) is 5.91 Å². The summed E-state index contributed by atoms with van der Waals surface area (Å²) in [4.78, 5) is 11.8. The van der Waals surface area contributed by atoms with E-state index >= 15 is 0 Å². The second-order valence-electron chi connectivity index (χ2n) is 6.33. The fourth-order valence-corrected chi connectivity index (χ4v) is 2.88. The molecule has 1 saturated heterocycles. The summed E-state index contributed by atoms with van der Waals surface area (Å²) in [6, 6.07) is 5.38. The van der Waals surface area contributed by atoms with Gasteiger partial charge in [-0.25, -0.2) is 0 Å². The maximum Gasteiger partial charge on any atom is 0.222 e. The van der Waals surface area contributed by atoms with Crippen LogP contribution < -0.4 is 19.5 Å². The average molecular weight is 365 g/mol. The van der Waals surface area contributed by atoms with Gasteiger partial charge in [0.15, 0.2) is 18.2 Å². The highest BCUT2D eigenvalue weighted by Crippen LogP contribution is 2.33. The Bertz CT molecular complexity index is 573. The number of carbonyl (C=O) groups excluding carboxylic acids is 1. The van der Waals surface area contributed by atoms with Crippen LogP contribution in [0.5, 0.6) is 17.2 Å². The average Bonchev–Trinajstić information content (AvgIpc) is 2.68. The van der Waals surface area contributed by atoms with Gasteiger partial charge in [0.25, 0.3) is 0 Å². The first-order valence-electron chi connectivity index (χ1n) is 9.30. The van der Waals surface area contributed by atoms with Gasteiger partial charge in [-0.05, 0) is 37.8 Å². The Balaban J connectivity index is 1.24. The van der Waals surface area contributed by atoms with E-state index < -0.39 is 0 Å². The Morgan fingerprint density at radius 1 is 1.08 bits per heavy atom. The molecule has 2 heterocycles. The first kappa shape index (κ1) is 18.8. The van der Waals surface area contributed by atoms with Gasteiger partial charge in [-0.2, -0.15) is 0 Å². The van der Waals surface area contributed by atoms with Gasteiger partial charge in [-0.1, -0.05) is 0 Å². The lowest BCUT2D eigenvalue weighted by molar-refractivity contribution is -0.122. The smallest absolute Gasteiger partial charge is 0.222 e. The Morgan fingerprint density at radius 3 is 2.73 bits per heavy atom. The van der Waals surface area contributed by atoms with Crippen molar-refractivity contribution in [3.63, 3.8) is 0 Å². The van der Waals surface area contributed by atoms with E-state index in [1.165, 1.54) is 0 Å². The Morgan fingerprint density at radius 2 is 1.88 bits per heavy atom. The summed E-state index contributed by atoms with van der Waals surface area (Å²) in [6.45, 7) is 3.50. The molecule has 1 N–H and O–H groups in total. The summed E-state index contributed by atoms with van der Waals surface area (Å²) in [5.41, 5.74) is 0. The summed E-state index contributed by atoms with van der Waals surface area (Å²) in [6.07, 6.45) is 4.42. The Hall–Kier alpha value is -1.99.